The molecule has 0 radical (unpaired) electrons. The Bertz CT molecular complexity index is 1450. The van der Waals surface area contributed by atoms with Crippen LogP contribution in [0.1, 0.15) is 18.4 Å². The van der Waals surface area contributed by atoms with E-state index in [1.54, 1.807) is 6.07 Å². The fourth-order valence-electron chi connectivity index (χ4n) is 4.16. The van der Waals surface area contributed by atoms with E-state index in [2.05, 4.69) is 4.98 Å². The second-order valence-electron chi connectivity index (χ2n) is 8.12. The molecule has 1 saturated heterocycles. The molecule has 0 N–H and O–H groups in total. The van der Waals surface area contributed by atoms with E-state index in [1.807, 2.05) is 0 Å². The maximum atomic E-state index is 13.6. The van der Waals surface area contributed by atoms with Gasteiger partial charge >= 0.3 is 11.5 Å². The van der Waals surface area contributed by atoms with Gasteiger partial charge in [-0.15, -0.1) is 0 Å². The smallest absolute Gasteiger partial charge is 0.305 e. The second kappa shape index (κ2) is 7.23. The highest BCUT2D eigenvalue weighted by Gasteiger charge is 2.65. The lowest BCUT2D eigenvalue weighted by Crippen LogP contribution is -2.36. The molecule has 5 rings (SSSR count). The molecule has 1 aliphatic carbocycles. The number of hydrogen-bond donors (Lipinski definition) is 0. The molecule has 3 aromatic rings. The normalized spacial score (nSPS) is 17.8. The Morgan fingerprint density at radius 2 is 1.68 bits per heavy atom. The van der Waals surface area contributed by atoms with Gasteiger partial charge in [-0.2, -0.15) is 13.2 Å². The number of anilines is 1. The van der Waals surface area contributed by atoms with Gasteiger partial charge in [0, 0.05) is 24.2 Å². The van der Waals surface area contributed by atoms with E-state index >= 15 is 0 Å². The van der Waals surface area contributed by atoms with Crippen molar-refractivity contribution in [2.45, 2.75) is 35.3 Å². The number of amides is 3. The van der Waals surface area contributed by atoms with Gasteiger partial charge in [-0.05, 0) is 60.9 Å². The van der Waals surface area contributed by atoms with E-state index in [-0.39, 0.29) is 12.2 Å². The molecule has 7 nitrogen and oxygen atoms in total. The van der Waals surface area contributed by atoms with Crippen LogP contribution in [0.2, 0.25) is 0 Å². The average molecular weight is 493 g/mol. The molecule has 3 amide bonds. The SMILES string of the molecule is O=C1N(c2ccc(S(=O)(=O)C(F)(F)F)cc2)C(=O)C2(CC2)N1Cc1ccnc2cc(F)ccc12. The Labute approximate surface area is 190 Å². The van der Waals surface area contributed by atoms with E-state index in [9.17, 15) is 35.6 Å². The van der Waals surface area contributed by atoms with E-state index in [1.165, 1.54) is 29.3 Å². The number of hydrogen-bond acceptors (Lipinski definition) is 5. The maximum Gasteiger partial charge on any atom is 0.501 e. The Hall–Kier alpha value is -3.54. The Morgan fingerprint density at radius 1 is 1.00 bits per heavy atom. The molecule has 176 valence electrons. The number of nitrogens with zero attached hydrogens (tertiary/aromatic N) is 3. The van der Waals surface area contributed by atoms with Crippen molar-refractivity contribution >= 4 is 38.4 Å². The molecule has 2 aromatic carbocycles. The lowest BCUT2D eigenvalue weighted by Gasteiger charge is -2.22. The highest BCUT2D eigenvalue weighted by molar-refractivity contribution is 7.92. The molecule has 0 atom stereocenters. The van der Waals surface area contributed by atoms with Gasteiger partial charge in [0.25, 0.3) is 15.7 Å². The summed E-state index contributed by atoms with van der Waals surface area (Å²) in [5, 5.41) is 0.611. The van der Waals surface area contributed by atoms with Crippen molar-refractivity contribution in [2.24, 2.45) is 0 Å². The summed E-state index contributed by atoms with van der Waals surface area (Å²) >= 11 is 0. The van der Waals surface area contributed by atoms with Gasteiger partial charge in [0.2, 0.25) is 0 Å². The van der Waals surface area contributed by atoms with Crippen LogP contribution >= 0.6 is 0 Å². The molecule has 0 bridgehead atoms. The number of aromatic nitrogens is 1. The van der Waals surface area contributed by atoms with Gasteiger partial charge in [0.1, 0.15) is 11.4 Å². The van der Waals surface area contributed by atoms with Gasteiger partial charge in [-0.3, -0.25) is 9.78 Å². The average Bonchev–Trinajstić information content (AvgIpc) is 3.55. The van der Waals surface area contributed by atoms with Crippen LogP contribution in [0.3, 0.4) is 0 Å². The van der Waals surface area contributed by atoms with Crippen LogP contribution in [0.25, 0.3) is 10.9 Å². The molecule has 2 aliphatic rings. The zero-order chi connectivity index (χ0) is 24.5. The van der Waals surface area contributed by atoms with Crippen molar-refractivity contribution in [1.82, 2.24) is 9.88 Å². The fourth-order valence-corrected chi connectivity index (χ4v) is 4.92. The first-order valence-electron chi connectivity index (χ1n) is 10.1. The summed E-state index contributed by atoms with van der Waals surface area (Å²) in [5.41, 5.74) is -5.56. The standard InChI is InChI=1S/C22H15F4N3O4S/c23-14-1-6-17-13(7-10-27-18(17)11-14)12-28-20(31)29(19(30)21(28)8-9-21)15-2-4-16(5-3-15)34(32,33)22(24,25)26/h1-7,10-11H,8-9,12H2. The minimum atomic E-state index is -5.56. The fraction of sp³-hybridized carbons (Fsp3) is 0.227. The van der Waals surface area contributed by atoms with Gasteiger partial charge < -0.3 is 4.90 Å². The molecule has 1 aromatic heterocycles. The van der Waals surface area contributed by atoms with E-state index in [0.29, 0.717) is 41.4 Å². The summed E-state index contributed by atoms with van der Waals surface area (Å²) in [6, 6.07) is 8.46. The number of sulfone groups is 1. The largest absolute Gasteiger partial charge is 0.501 e. The topological polar surface area (TPSA) is 87.7 Å². The molecule has 34 heavy (non-hydrogen) atoms. The number of carbonyl (C=O) groups excluding carboxylic acids is 2. The molecule has 1 saturated carbocycles. The summed E-state index contributed by atoms with van der Waals surface area (Å²) in [7, 11) is -5.56. The van der Waals surface area contributed by atoms with Crippen molar-refractivity contribution in [1.29, 1.82) is 0 Å². The Kier molecular flexibility index (Phi) is 4.73. The van der Waals surface area contributed by atoms with Crippen LogP contribution in [0.5, 0.6) is 0 Å². The van der Waals surface area contributed by atoms with E-state index in [4.69, 9.17) is 0 Å². The zero-order valence-corrected chi connectivity index (χ0v) is 18.0. The van der Waals surface area contributed by atoms with Crippen LogP contribution < -0.4 is 4.90 Å². The number of urea groups is 1. The highest BCUT2D eigenvalue weighted by Crippen LogP contribution is 2.50. The first-order chi connectivity index (χ1) is 16.0. The molecule has 12 heteroatoms. The zero-order valence-electron chi connectivity index (χ0n) is 17.2. The molecular weight excluding hydrogens is 478 g/mol. The van der Waals surface area contributed by atoms with Crippen LogP contribution in [0.15, 0.2) is 59.6 Å². The molecule has 2 heterocycles. The first kappa shape index (κ1) is 22.3. The quantitative estimate of drug-likeness (QED) is 0.402. The van der Waals surface area contributed by atoms with Crippen molar-refractivity contribution in [3.05, 3.63) is 66.1 Å². The van der Waals surface area contributed by atoms with Gasteiger partial charge in [-0.1, -0.05) is 0 Å². The Morgan fingerprint density at radius 3 is 2.29 bits per heavy atom. The minimum Gasteiger partial charge on any atom is -0.305 e. The third kappa shape index (κ3) is 3.23. The van der Waals surface area contributed by atoms with Crippen molar-refractivity contribution in [2.75, 3.05) is 4.90 Å². The van der Waals surface area contributed by atoms with Crippen LogP contribution in [0, 0.1) is 5.82 Å². The lowest BCUT2D eigenvalue weighted by molar-refractivity contribution is -0.120. The Balaban J connectivity index is 1.48. The minimum absolute atomic E-state index is 0.0340. The molecule has 2 fully saturated rings. The summed E-state index contributed by atoms with van der Waals surface area (Å²) in [6.45, 7) is 0.0340. The third-order valence-electron chi connectivity index (χ3n) is 6.10. The molecule has 1 spiro atoms. The van der Waals surface area contributed by atoms with Crippen LogP contribution in [-0.2, 0) is 21.2 Å². The van der Waals surface area contributed by atoms with E-state index in [0.717, 1.165) is 17.0 Å². The summed E-state index contributed by atoms with van der Waals surface area (Å²) < 4.78 is 75.2. The molecular formula is C22H15F4N3O4S. The summed E-state index contributed by atoms with van der Waals surface area (Å²) in [6.07, 6.45) is 2.29. The highest BCUT2D eigenvalue weighted by atomic mass is 32.2. The number of alkyl halides is 3. The van der Waals surface area contributed by atoms with Crippen molar-refractivity contribution < 1.29 is 35.6 Å². The number of carbonyl (C=O) groups is 2. The number of pyridine rings is 1. The van der Waals surface area contributed by atoms with Crippen LogP contribution in [-0.4, -0.2) is 41.3 Å². The van der Waals surface area contributed by atoms with E-state index < -0.39 is 43.5 Å². The summed E-state index contributed by atoms with van der Waals surface area (Å²) in [4.78, 5) is 31.8. The van der Waals surface area contributed by atoms with Crippen molar-refractivity contribution in [3.8, 4) is 0 Å². The lowest BCUT2D eigenvalue weighted by atomic mass is 10.1. The number of benzene rings is 2. The van der Waals surface area contributed by atoms with Gasteiger partial charge in [0.15, 0.2) is 0 Å². The summed E-state index contributed by atoms with van der Waals surface area (Å²) in [5.74, 6) is -1.00. The number of halogens is 4. The monoisotopic (exact) mass is 493 g/mol. The predicted octanol–water partition coefficient (Wildman–Crippen LogP) is 4.17. The number of rotatable bonds is 4. The van der Waals surface area contributed by atoms with Crippen LogP contribution in [0.4, 0.5) is 28.0 Å². The van der Waals surface area contributed by atoms with Gasteiger partial charge in [0.05, 0.1) is 16.1 Å². The van der Waals surface area contributed by atoms with Crippen molar-refractivity contribution in [3.63, 3.8) is 0 Å². The number of fused-ring (bicyclic) bond motifs is 1. The molecule has 0 unspecified atom stereocenters. The second-order valence-corrected chi connectivity index (χ2v) is 10.1. The molecule has 1 aliphatic heterocycles. The number of imide groups is 1. The predicted molar refractivity (Wildman–Crippen MR) is 112 cm³/mol. The maximum absolute atomic E-state index is 13.6. The first-order valence-corrected chi connectivity index (χ1v) is 11.5. The van der Waals surface area contributed by atoms with Gasteiger partial charge in [-0.25, -0.2) is 22.5 Å². The third-order valence-corrected chi connectivity index (χ3v) is 7.60.